The highest BCUT2D eigenvalue weighted by molar-refractivity contribution is 8.17. The van der Waals surface area contributed by atoms with Crippen molar-refractivity contribution < 1.29 is 4.79 Å². The van der Waals surface area contributed by atoms with Gasteiger partial charge in [0.25, 0.3) is 0 Å². The molecule has 0 aliphatic carbocycles. The first-order chi connectivity index (χ1) is 9.29. The van der Waals surface area contributed by atoms with Gasteiger partial charge in [0, 0.05) is 4.70 Å². The van der Waals surface area contributed by atoms with Gasteiger partial charge in [-0.2, -0.15) is 15.7 Å². The van der Waals surface area contributed by atoms with Crippen LogP contribution < -0.4 is 0 Å². The summed E-state index contributed by atoms with van der Waals surface area (Å²) >= 11 is 1.49. The zero-order chi connectivity index (χ0) is 13.2. The Kier molecular flexibility index (Phi) is 3.50. The van der Waals surface area contributed by atoms with Crippen LogP contribution in [0.2, 0.25) is 0 Å². The number of nitriles is 1. The number of carbonyl (C=O) groups excluding carboxylic acids is 1. The van der Waals surface area contributed by atoms with E-state index in [0.717, 1.165) is 34.4 Å². The van der Waals surface area contributed by atoms with E-state index in [9.17, 15) is 10.1 Å². The van der Waals surface area contributed by atoms with Gasteiger partial charge in [-0.3, -0.25) is 4.79 Å². The fraction of sp³-hybridized carbons (Fsp3) is 0.267. The molecule has 1 fully saturated rings. The van der Waals surface area contributed by atoms with Gasteiger partial charge in [0.05, 0.1) is 4.88 Å². The van der Waals surface area contributed by atoms with E-state index in [2.05, 4.69) is 6.07 Å². The molecule has 19 heavy (non-hydrogen) atoms. The molecule has 0 spiro atoms. The summed E-state index contributed by atoms with van der Waals surface area (Å²) in [6.45, 7) is 0. The molecule has 4 heteroatoms. The fourth-order valence-corrected chi connectivity index (χ4v) is 5.60. The number of ketones is 1. The van der Waals surface area contributed by atoms with Gasteiger partial charge < -0.3 is 0 Å². The Labute approximate surface area is 118 Å². The van der Waals surface area contributed by atoms with Crippen molar-refractivity contribution >= 4 is 42.6 Å². The van der Waals surface area contributed by atoms with Crippen molar-refractivity contribution in [1.82, 2.24) is 0 Å². The number of nitrogens with zero attached hydrogens (tertiary/aromatic N) is 1. The average molecular weight is 287 g/mol. The maximum absolute atomic E-state index is 12.5. The Hall–Kier alpha value is -1.44. The number of thiophene rings is 1. The molecule has 2 nitrogen and oxygen atoms in total. The van der Waals surface area contributed by atoms with Gasteiger partial charge in [0.15, 0.2) is 0 Å². The van der Waals surface area contributed by atoms with E-state index in [-0.39, 0.29) is 16.3 Å². The summed E-state index contributed by atoms with van der Waals surface area (Å²) in [5.74, 6) is 1.98. The Morgan fingerprint density at radius 3 is 2.68 bits per heavy atom. The van der Waals surface area contributed by atoms with E-state index in [1.807, 2.05) is 30.3 Å². The normalized spacial score (nSPS) is 15.5. The second-order valence-corrected chi connectivity index (χ2v) is 7.82. The molecule has 1 aromatic heterocycles. The van der Waals surface area contributed by atoms with E-state index in [4.69, 9.17) is 0 Å². The molecule has 96 valence electrons. The highest BCUT2D eigenvalue weighted by Crippen LogP contribution is 2.30. The molecule has 1 aliphatic rings. The van der Waals surface area contributed by atoms with Crippen molar-refractivity contribution in [3.63, 3.8) is 0 Å². The van der Waals surface area contributed by atoms with Crippen molar-refractivity contribution in [2.45, 2.75) is 12.8 Å². The third-order valence-electron chi connectivity index (χ3n) is 3.28. The first-order valence-electron chi connectivity index (χ1n) is 6.27. The second kappa shape index (κ2) is 5.28. The molecule has 3 rings (SSSR count). The lowest BCUT2D eigenvalue weighted by molar-refractivity contribution is 0.107. The Balaban J connectivity index is 2.03. The lowest BCUT2D eigenvalue weighted by Crippen LogP contribution is -2.11. The molecule has 0 amide bonds. The Morgan fingerprint density at radius 1 is 1.26 bits per heavy atom. The van der Waals surface area contributed by atoms with Crippen LogP contribution in [0.3, 0.4) is 0 Å². The highest BCUT2D eigenvalue weighted by Gasteiger charge is 2.20. The van der Waals surface area contributed by atoms with Gasteiger partial charge in [-0.1, -0.05) is 18.2 Å². The van der Waals surface area contributed by atoms with Crippen LogP contribution in [0.5, 0.6) is 0 Å². The lowest BCUT2D eigenvalue weighted by atomic mass is 10.2. The molecule has 2 aromatic rings. The van der Waals surface area contributed by atoms with Gasteiger partial charge in [0.2, 0.25) is 5.78 Å². The van der Waals surface area contributed by atoms with E-state index < -0.39 is 0 Å². The summed E-state index contributed by atoms with van der Waals surface area (Å²) in [5.41, 5.74) is 0. The minimum absolute atomic E-state index is 0.0473. The molecule has 1 aromatic carbocycles. The number of Topliss-reactive ketones (excluding diaryl/α,β-unsaturated/α-hetero) is 1. The molecule has 0 saturated carbocycles. The van der Waals surface area contributed by atoms with Gasteiger partial charge in [-0.05, 0) is 41.9 Å². The van der Waals surface area contributed by atoms with Crippen molar-refractivity contribution in [3.8, 4) is 6.07 Å². The second-order valence-electron chi connectivity index (χ2n) is 4.53. The summed E-state index contributed by atoms with van der Waals surface area (Å²) in [6, 6.07) is 12.1. The zero-order valence-corrected chi connectivity index (χ0v) is 12.0. The van der Waals surface area contributed by atoms with Crippen molar-refractivity contribution in [2.24, 2.45) is 0 Å². The summed E-state index contributed by atoms with van der Waals surface area (Å²) in [6.07, 6.45) is 2.29. The molecule has 0 atom stereocenters. The third kappa shape index (κ3) is 2.36. The molecular formula is C15H13NOS2. The largest absolute Gasteiger partial charge is 0.286 e. The maximum Gasteiger partial charge on any atom is 0.219 e. The topological polar surface area (TPSA) is 40.9 Å². The van der Waals surface area contributed by atoms with Gasteiger partial charge >= 0.3 is 0 Å². The smallest absolute Gasteiger partial charge is 0.219 e. The number of fused-ring (bicyclic) bond motifs is 1. The van der Waals surface area contributed by atoms with E-state index in [0.29, 0.717) is 9.74 Å². The lowest BCUT2D eigenvalue weighted by Gasteiger charge is -2.01. The summed E-state index contributed by atoms with van der Waals surface area (Å²) < 4.78 is 1.11. The number of benzene rings is 1. The highest BCUT2D eigenvalue weighted by atomic mass is 32.2. The van der Waals surface area contributed by atoms with Crippen molar-refractivity contribution in [3.05, 3.63) is 35.2 Å². The fourth-order valence-electron chi connectivity index (χ4n) is 2.31. The maximum atomic E-state index is 12.5. The molecule has 0 bridgehead atoms. The van der Waals surface area contributed by atoms with Crippen LogP contribution in [-0.4, -0.2) is 22.2 Å². The van der Waals surface area contributed by atoms with Gasteiger partial charge in [-0.25, -0.2) is 0 Å². The van der Waals surface area contributed by atoms with Crippen LogP contribution in [0.4, 0.5) is 0 Å². The SMILES string of the molecule is N#CC(C(=O)c1cc2ccccc2s1)=S1CCCC1. The summed E-state index contributed by atoms with van der Waals surface area (Å²) in [5, 5.41) is 10.4. The van der Waals surface area contributed by atoms with Crippen LogP contribution in [0.1, 0.15) is 22.5 Å². The Bertz CT molecular complexity index is 680. The van der Waals surface area contributed by atoms with Crippen LogP contribution in [-0.2, 0) is 0 Å². The molecule has 0 radical (unpaired) electrons. The summed E-state index contributed by atoms with van der Waals surface area (Å²) in [7, 11) is -0.105. The Morgan fingerprint density at radius 2 is 2.00 bits per heavy atom. The van der Waals surface area contributed by atoms with E-state index >= 15 is 0 Å². The van der Waals surface area contributed by atoms with E-state index in [1.165, 1.54) is 11.3 Å². The monoisotopic (exact) mass is 287 g/mol. The number of hydrogen-bond acceptors (Lipinski definition) is 3. The average Bonchev–Trinajstić information content (AvgIpc) is 3.08. The van der Waals surface area contributed by atoms with Crippen molar-refractivity contribution in [1.29, 1.82) is 5.26 Å². The summed E-state index contributed by atoms with van der Waals surface area (Å²) in [4.78, 5) is 13.7. The number of carbonyl (C=O) groups is 1. The predicted molar refractivity (Wildman–Crippen MR) is 83.3 cm³/mol. The standard InChI is InChI=1S/C15H13NOS2/c16-10-14(19-7-3-4-8-19)15(17)13-9-11-5-1-2-6-12(11)18-13/h1-2,5-6,9H,3-4,7-8H2. The van der Waals surface area contributed by atoms with Gasteiger partial charge in [-0.15, -0.1) is 11.3 Å². The number of hydrogen-bond donors (Lipinski definition) is 0. The molecular weight excluding hydrogens is 274 g/mol. The minimum atomic E-state index is -0.105. The van der Waals surface area contributed by atoms with Crippen LogP contribution in [0.25, 0.3) is 10.1 Å². The first-order valence-corrected chi connectivity index (χ1v) is 8.65. The van der Waals surface area contributed by atoms with Crippen LogP contribution in [0, 0.1) is 11.3 Å². The van der Waals surface area contributed by atoms with Crippen molar-refractivity contribution in [2.75, 3.05) is 11.5 Å². The zero-order valence-electron chi connectivity index (χ0n) is 10.4. The predicted octanol–water partition coefficient (Wildman–Crippen LogP) is 3.84. The molecule has 1 saturated heterocycles. The van der Waals surface area contributed by atoms with Crippen LogP contribution in [0.15, 0.2) is 30.3 Å². The van der Waals surface area contributed by atoms with E-state index in [1.54, 1.807) is 0 Å². The molecule has 2 heterocycles. The van der Waals surface area contributed by atoms with Gasteiger partial charge in [0.1, 0.15) is 10.9 Å². The van der Waals surface area contributed by atoms with Crippen LogP contribution >= 0.6 is 21.8 Å². The molecule has 1 aliphatic heterocycles. The quantitative estimate of drug-likeness (QED) is 0.622. The third-order valence-corrected chi connectivity index (χ3v) is 6.81. The minimum Gasteiger partial charge on any atom is -0.286 e. The number of rotatable bonds is 2. The molecule has 0 unspecified atom stereocenters. The first kappa shape index (κ1) is 12.6. The molecule has 0 N–H and O–H groups in total.